The fourth-order valence-corrected chi connectivity index (χ4v) is 5.03. The summed E-state index contributed by atoms with van der Waals surface area (Å²) in [5.74, 6) is 1.04. The second-order valence-electron chi connectivity index (χ2n) is 9.62. The second kappa shape index (κ2) is 6.99. The number of piperidine rings is 2. The predicted octanol–water partition coefficient (Wildman–Crippen LogP) is 1.77. The van der Waals surface area contributed by atoms with Crippen LogP contribution in [0.3, 0.4) is 0 Å². The molecule has 2 aromatic rings. The smallest absolute Gasteiger partial charge is 0.225 e. The summed E-state index contributed by atoms with van der Waals surface area (Å²) in [7, 11) is 0. The van der Waals surface area contributed by atoms with Crippen molar-refractivity contribution in [3.8, 4) is 0 Å². The van der Waals surface area contributed by atoms with Crippen LogP contribution in [0.25, 0.3) is 5.65 Å². The highest BCUT2D eigenvalue weighted by Crippen LogP contribution is 2.29. The van der Waals surface area contributed by atoms with Crippen LogP contribution in [0.15, 0.2) is 18.5 Å². The van der Waals surface area contributed by atoms with Gasteiger partial charge in [-0.05, 0) is 65.5 Å². The number of hydrogen-bond acceptors (Lipinski definition) is 6. The van der Waals surface area contributed by atoms with Gasteiger partial charge in [-0.15, -0.1) is 15.3 Å². The second-order valence-corrected chi connectivity index (χ2v) is 9.62. The van der Waals surface area contributed by atoms with Crippen LogP contribution in [0.5, 0.6) is 0 Å². The molecule has 0 unspecified atom stereocenters. The van der Waals surface area contributed by atoms with Gasteiger partial charge in [0.1, 0.15) is 12.1 Å². The molecule has 2 saturated heterocycles. The summed E-state index contributed by atoms with van der Waals surface area (Å²) in [5.41, 5.74) is 0.776. The molecule has 0 aliphatic carbocycles. The monoisotopic (exact) mass is 385 g/mol. The van der Waals surface area contributed by atoms with E-state index in [1.807, 2.05) is 12.1 Å². The van der Waals surface area contributed by atoms with E-state index in [9.17, 15) is 4.79 Å². The van der Waals surface area contributed by atoms with Crippen LogP contribution >= 0.6 is 0 Å². The van der Waals surface area contributed by atoms with Crippen molar-refractivity contribution < 1.29 is 4.79 Å². The molecule has 152 valence electrons. The first kappa shape index (κ1) is 19.1. The molecule has 2 aromatic heterocycles. The van der Waals surface area contributed by atoms with Gasteiger partial charge >= 0.3 is 0 Å². The van der Waals surface area contributed by atoms with Crippen LogP contribution in [0, 0.1) is 5.92 Å². The van der Waals surface area contributed by atoms with Gasteiger partial charge < -0.3 is 15.5 Å². The number of nitrogens with zero attached hydrogens (tertiary/aromatic N) is 5. The van der Waals surface area contributed by atoms with Crippen molar-refractivity contribution in [2.24, 2.45) is 5.92 Å². The molecule has 2 aliphatic rings. The third kappa shape index (κ3) is 4.11. The molecule has 0 saturated carbocycles. The maximum atomic E-state index is 13.0. The van der Waals surface area contributed by atoms with E-state index in [2.05, 4.69) is 58.5 Å². The molecule has 2 aliphatic heterocycles. The van der Waals surface area contributed by atoms with Crippen molar-refractivity contribution in [3.63, 3.8) is 0 Å². The van der Waals surface area contributed by atoms with Gasteiger partial charge in [0.25, 0.3) is 0 Å². The number of fused-ring (bicyclic) bond motifs is 1. The third-order valence-electron chi connectivity index (χ3n) is 5.80. The lowest BCUT2D eigenvalue weighted by Gasteiger charge is -2.47. The number of aromatic nitrogens is 4. The highest BCUT2D eigenvalue weighted by Gasteiger charge is 2.39. The highest BCUT2D eigenvalue weighted by molar-refractivity contribution is 5.80. The normalized spacial score (nSPS) is 25.0. The molecule has 0 spiro atoms. The molecular formula is C20H31N7O. The molecule has 4 rings (SSSR count). The predicted molar refractivity (Wildman–Crippen MR) is 108 cm³/mol. The zero-order chi connectivity index (χ0) is 19.9. The highest BCUT2D eigenvalue weighted by atomic mass is 16.2. The molecule has 28 heavy (non-hydrogen) atoms. The third-order valence-corrected chi connectivity index (χ3v) is 5.80. The first-order valence-corrected chi connectivity index (χ1v) is 10.2. The largest absolute Gasteiger partial charge is 0.354 e. The van der Waals surface area contributed by atoms with E-state index in [-0.39, 0.29) is 28.9 Å². The van der Waals surface area contributed by atoms with Crippen molar-refractivity contribution in [1.82, 2.24) is 30.4 Å². The molecular weight excluding hydrogens is 354 g/mol. The summed E-state index contributed by atoms with van der Waals surface area (Å²) < 4.78 is 1.68. The van der Waals surface area contributed by atoms with Crippen molar-refractivity contribution in [2.45, 2.75) is 70.5 Å². The summed E-state index contributed by atoms with van der Waals surface area (Å²) >= 11 is 0. The Kier molecular flexibility index (Phi) is 4.77. The molecule has 4 heterocycles. The van der Waals surface area contributed by atoms with E-state index in [0.717, 1.165) is 43.7 Å². The number of carbonyl (C=O) groups is 1. The van der Waals surface area contributed by atoms with Crippen LogP contribution < -0.4 is 15.5 Å². The van der Waals surface area contributed by atoms with E-state index in [1.165, 1.54) is 0 Å². The minimum Gasteiger partial charge on any atom is -0.354 e. The van der Waals surface area contributed by atoms with E-state index < -0.39 is 0 Å². The average molecular weight is 386 g/mol. The van der Waals surface area contributed by atoms with Crippen LogP contribution in [0.4, 0.5) is 5.82 Å². The fraction of sp³-hybridized carbons (Fsp3) is 0.700. The minimum absolute atomic E-state index is 0.00623. The molecule has 2 fully saturated rings. The van der Waals surface area contributed by atoms with Crippen LogP contribution in [-0.2, 0) is 4.79 Å². The lowest BCUT2D eigenvalue weighted by Crippen LogP contribution is -2.62. The number of hydrogen-bond donors (Lipinski definition) is 2. The molecule has 0 bridgehead atoms. The van der Waals surface area contributed by atoms with Crippen LogP contribution in [0.1, 0.15) is 53.4 Å². The van der Waals surface area contributed by atoms with Crippen LogP contribution in [0.2, 0.25) is 0 Å². The van der Waals surface area contributed by atoms with Gasteiger partial charge in [0.15, 0.2) is 5.65 Å². The Morgan fingerprint density at radius 3 is 2.71 bits per heavy atom. The maximum absolute atomic E-state index is 13.0. The van der Waals surface area contributed by atoms with Gasteiger partial charge in [-0.1, -0.05) is 0 Å². The Hall–Kier alpha value is -2.22. The van der Waals surface area contributed by atoms with Gasteiger partial charge in [-0.3, -0.25) is 4.79 Å². The van der Waals surface area contributed by atoms with Crippen molar-refractivity contribution in [3.05, 3.63) is 18.5 Å². The number of anilines is 1. The minimum atomic E-state index is -0.00623. The standard InChI is InChI=1S/C20H31N7O/c1-19(2)10-15(11-20(3,4)25-19)22-18(28)14-6-5-9-26(12-14)17-8-7-16-23-21-13-27(16)24-17/h7-8,13-15,25H,5-6,9-12H2,1-4H3,(H,22,28)/t14-/m0/s1. The Morgan fingerprint density at radius 1 is 1.21 bits per heavy atom. The van der Waals surface area contributed by atoms with E-state index >= 15 is 0 Å². The summed E-state index contributed by atoms with van der Waals surface area (Å²) in [4.78, 5) is 15.2. The summed E-state index contributed by atoms with van der Waals surface area (Å²) in [6.07, 6.45) is 5.42. The van der Waals surface area contributed by atoms with Crippen molar-refractivity contribution in [1.29, 1.82) is 0 Å². The molecule has 1 atom stereocenters. The number of nitrogens with one attached hydrogen (secondary N) is 2. The molecule has 2 N–H and O–H groups in total. The number of amides is 1. The summed E-state index contributed by atoms with van der Waals surface area (Å²) in [6.45, 7) is 10.5. The van der Waals surface area contributed by atoms with Gasteiger partial charge in [0.2, 0.25) is 5.91 Å². The molecule has 0 radical (unpaired) electrons. The average Bonchev–Trinajstić information content (AvgIpc) is 3.06. The van der Waals surface area contributed by atoms with Gasteiger partial charge in [0, 0.05) is 30.2 Å². The van der Waals surface area contributed by atoms with Crippen molar-refractivity contribution in [2.75, 3.05) is 18.0 Å². The number of rotatable bonds is 3. The SMILES string of the molecule is CC1(C)CC(NC(=O)[C@H]2CCCN(c3ccc4nncn4n3)C2)CC(C)(C)N1. The quantitative estimate of drug-likeness (QED) is 0.837. The Labute approximate surface area is 166 Å². The zero-order valence-corrected chi connectivity index (χ0v) is 17.3. The van der Waals surface area contributed by atoms with Gasteiger partial charge in [-0.25, -0.2) is 0 Å². The molecule has 1 amide bonds. The van der Waals surface area contributed by atoms with Crippen LogP contribution in [-0.4, -0.2) is 55.9 Å². The maximum Gasteiger partial charge on any atom is 0.225 e. The fourth-order valence-electron chi connectivity index (χ4n) is 5.03. The molecule has 0 aromatic carbocycles. The lowest BCUT2D eigenvalue weighted by molar-refractivity contribution is -0.126. The summed E-state index contributed by atoms with van der Waals surface area (Å²) in [5, 5.41) is 19.5. The molecule has 8 nitrogen and oxygen atoms in total. The van der Waals surface area contributed by atoms with Gasteiger partial charge in [-0.2, -0.15) is 4.52 Å². The topological polar surface area (TPSA) is 87.5 Å². The Balaban J connectivity index is 1.42. The van der Waals surface area contributed by atoms with E-state index in [4.69, 9.17) is 0 Å². The molecule has 8 heteroatoms. The zero-order valence-electron chi connectivity index (χ0n) is 17.3. The Bertz CT molecular complexity index is 843. The van der Waals surface area contributed by atoms with Gasteiger partial charge in [0.05, 0.1) is 5.92 Å². The first-order valence-electron chi connectivity index (χ1n) is 10.2. The number of carbonyl (C=O) groups excluding carboxylic acids is 1. The lowest BCUT2D eigenvalue weighted by atomic mass is 9.79. The first-order chi connectivity index (χ1) is 13.2. The Morgan fingerprint density at radius 2 is 1.96 bits per heavy atom. The van der Waals surface area contributed by atoms with E-state index in [1.54, 1.807) is 10.8 Å². The van der Waals surface area contributed by atoms with Crippen molar-refractivity contribution >= 4 is 17.4 Å². The van der Waals surface area contributed by atoms with E-state index in [0.29, 0.717) is 6.54 Å². The summed E-state index contributed by atoms with van der Waals surface area (Å²) in [6, 6.07) is 4.08.